The van der Waals surface area contributed by atoms with Gasteiger partial charge in [-0.05, 0) is 25.5 Å². The number of aliphatic imine (C=N–C) groups is 1. The molecule has 0 saturated carbocycles. The number of aryl methyl sites for hydroxylation is 1. The van der Waals surface area contributed by atoms with Crippen LogP contribution in [-0.2, 0) is 0 Å². The van der Waals surface area contributed by atoms with Gasteiger partial charge in [0, 0.05) is 30.3 Å². The molecule has 2 N–H and O–H groups in total. The summed E-state index contributed by atoms with van der Waals surface area (Å²) in [6.45, 7) is 5.05. The maximum atomic E-state index is 4.37. The van der Waals surface area contributed by atoms with Gasteiger partial charge in [0.1, 0.15) is 0 Å². The highest BCUT2D eigenvalue weighted by Crippen LogP contribution is 2.17. The average Bonchev–Trinajstić information content (AvgIpc) is 2.38. The van der Waals surface area contributed by atoms with Gasteiger partial charge in [0.2, 0.25) is 0 Å². The van der Waals surface area contributed by atoms with Crippen LogP contribution in [0.1, 0.15) is 12.0 Å². The third kappa shape index (κ3) is 5.48. The number of halogens is 1. The fourth-order valence-corrected chi connectivity index (χ4v) is 2.39. The summed E-state index contributed by atoms with van der Waals surface area (Å²) in [4.78, 5) is 5.70. The monoisotopic (exact) mass is 377 g/mol. The zero-order valence-corrected chi connectivity index (χ0v) is 13.8. The zero-order valence-electron chi connectivity index (χ0n) is 10.6. The van der Waals surface area contributed by atoms with Crippen LogP contribution in [0.15, 0.2) is 34.2 Å². The molecule has 1 aromatic rings. The molecule has 2 rings (SSSR count). The Kier molecular flexibility index (Phi) is 7.50. The van der Waals surface area contributed by atoms with E-state index in [2.05, 4.69) is 46.8 Å². The van der Waals surface area contributed by atoms with Crippen LogP contribution in [0.25, 0.3) is 0 Å². The maximum Gasteiger partial charge on any atom is 0.191 e. The first-order chi connectivity index (χ1) is 8.34. The molecule has 0 spiro atoms. The number of hydrogen-bond acceptors (Lipinski definition) is 4. The van der Waals surface area contributed by atoms with Gasteiger partial charge in [0.05, 0.1) is 0 Å². The van der Waals surface area contributed by atoms with E-state index < -0.39 is 0 Å². The van der Waals surface area contributed by atoms with Crippen molar-refractivity contribution in [2.24, 2.45) is 4.99 Å². The van der Waals surface area contributed by atoms with E-state index in [9.17, 15) is 0 Å². The molecular weight excluding hydrogens is 357 g/mol. The summed E-state index contributed by atoms with van der Waals surface area (Å²) in [5, 5.41) is 6.58. The first-order valence-corrected chi connectivity index (χ1v) is 7.05. The third-order valence-electron chi connectivity index (χ3n) is 2.58. The Labute approximate surface area is 130 Å². The van der Waals surface area contributed by atoms with Crippen LogP contribution in [0, 0.1) is 6.92 Å². The van der Waals surface area contributed by atoms with E-state index in [0.717, 1.165) is 37.8 Å². The molecule has 0 amide bonds. The Balaban J connectivity index is 0.00000162. The minimum Gasteiger partial charge on any atom is -0.356 e. The number of nitrogens with zero attached hydrogens (tertiary/aromatic N) is 1. The Bertz CT molecular complexity index is 378. The van der Waals surface area contributed by atoms with Crippen molar-refractivity contribution in [3.63, 3.8) is 0 Å². The molecule has 0 unspecified atom stereocenters. The standard InChI is InChI=1S/C13H19N3S.HI/c1-11-3-5-12(6-4-11)17-10-9-16-13-14-7-2-8-15-13;/h3-6H,2,7-10H2,1H3,(H2,14,15,16);1H. The van der Waals surface area contributed by atoms with Gasteiger partial charge in [0.25, 0.3) is 0 Å². The number of guanidine groups is 1. The van der Waals surface area contributed by atoms with E-state index in [-0.39, 0.29) is 24.0 Å². The minimum absolute atomic E-state index is 0. The fraction of sp³-hybridized carbons (Fsp3) is 0.462. The van der Waals surface area contributed by atoms with E-state index in [1.165, 1.54) is 10.5 Å². The van der Waals surface area contributed by atoms with Gasteiger partial charge in [-0.15, -0.1) is 35.7 Å². The summed E-state index contributed by atoms with van der Waals surface area (Å²) in [7, 11) is 0. The van der Waals surface area contributed by atoms with Crippen molar-refractivity contribution in [2.75, 3.05) is 25.4 Å². The zero-order chi connectivity index (χ0) is 11.9. The predicted molar refractivity (Wildman–Crippen MR) is 90.2 cm³/mol. The molecule has 5 heteroatoms. The highest BCUT2D eigenvalue weighted by Gasteiger charge is 2.02. The number of thioether (sulfide) groups is 1. The molecular formula is C13H20IN3S. The summed E-state index contributed by atoms with van der Waals surface area (Å²) in [6, 6.07) is 8.66. The Morgan fingerprint density at radius 2 is 2.11 bits per heavy atom. The number of benzene rings is 1. The summed E-state index contributed by atoms with van der Waals surface area (Å²) in [5.41, 5.74) is 1.31. The molecule has 18 heavy (non-hydrogen) atoms. The summed E-state index contributed by atoms with van der Waals surface area (Å²) in [5.74, 6) is 2.02. The lowest BCUT2D eigenvalue weighted by Crippen LogP contribution is -2.41. The number of nitrogens with one attached hydrogen (secondary N) is 2. The van der Waals surface area contributed by atoms with Gasteiger partial charge >= 0.3 is 0 Å². The van der Waals surface area contributed by atoms with Crippen molar-refractivity contribution < 1.29 is 0 Å². The van der Waals surface area contributed by atoms with Gasteiger partial charge in [-0.3, -0.25) is 4.99 Å². The molecule has 3 nitrogen and oxygen atoms in total. The van der Waals surface area contributed by atoms with E-state index in [0.29, 0.717) is 0 Å². The number of rotatable bonds is 4. The Morgan fingerprint density at radius 3 is 2.78 bits per heavy atom. The van der Waals surface area contributed by atoms with E-state index in [4.69, 9.17) is 0 Å². The lowest BCUT2D eigenvalue weighted by Gasteiger charge is -2.15. The van der Waals surface area contributed by atoms with E-state index in [1.54, 1.807) is 0 Å². The van der Waals surface area contributed by atoms with Crippen LogP contribution in [0.5, 0.6) is 0 Å². The van der Waals surface area contributed by atoms with Gasteiger partial charge < -0.3 is 10.6 Å². The van der Waals surface area contributed by atoms with Crippen LogP contribution >= 0.6 is 35.7 Å². The fourth-order valence-electron chi connectivity index (χ4n) is 1.62. The van der Waals surface area contributed by atoms with Gasteiger partial charge in [-0.2, -0.15) is 0 Å². The van der Waals surface area contributed by atoms with Crippen molar-refractivity contribution in [3.05, 3.63) is 29.8 Å². The molecule has 1 aliphatic rings. The van der Waals surface area contributed by atoms with Crippen molar-refractivity contribution in [1.29, 1.82) is 0 Å². The largest absolute Gasteiger partial charge is 0.356 e. The Hall–Kier alpha value is -0.430. The summed E-state index contributed by atoms with van der Waals surface area (Å²) >= 11 is 1.87. The first-order valence-electron chi connectivity index (χ1n) is 6.06. The van der Waals surface area contributed by atoms with Crippen LogP contribution in [0.2, 0.25) is 0 Å². The topological polar surface area (TPSA) is 36.4 Å². The quantitative estimate of drug-likeness (QED) is 0.481. The van der Waals surface area contributed by atoms with E-state index in [1.807, 2.05) is 11.8 Å². The molecule has 1 heterocycles. The van der Waals surface area contributed by atoms with Gasteiger partial charge in [0.15, 0.2) is 5.96 Å². The SMILES string of the molecule is Cc1ccc(SCCNC2=NCCCN2)cc1.I. The average molecular weight is 377 g/mol. The maximum absolute atomic E-state index is 4.37. The molecule has 0 bridgehead atoms. The highest BCUT2D eigenvalue weighted by atomic mass is 127. The molecule has 1 aromatic carbocycles. The van der Waals surface area contributed by atoms with Crippen LogP contribution < -0.4 is 10.6 Å². The Morgan fingerprint density at radius 1 is 1.33 bits per heavy atom. The van der Waals surface area contributed by atoms with E-state index >= 15 is 0 Å². The first kappa shape index (κ1) is 15.6. The molecule has 0 aromatic heterocycles. The van der Waals surface area contributed by atoms with Gasteiger partial charge in [-0.1, -0.05) is 17.7 Å². The second-order valence-electron chi connectivity index (χ2n) is 4.10. The molecule has 100 valence electrons. The van der Waals surface area contributed by atoms with Crippen LogP contribution in [0.4, 0.5) is 0 Å². The molecule has 0 fully saturated rings. The molecule has 0 aliphatic carbocycles. The van der Waals surface area contributed by atoms with Gasteiger partial charge in [-0.25, -0.2) is 0 Å². The van der Waals surface area contributed by atoms with Crippen molar-refractivity contribution >= 4 is 41.7 Å². The third-order valence-corrected chi connectivity index (χ3v) is 3.60. The van der Waals surface area contributed by atoms with Crippen molar-refractivity contribution in [2.45, 2.75) is 18.2 Å². The number of hydrogen-bond donors (Lipinski definition) is 2. The minimum atomic E-state index is 0. The molecule has 0 radical (unpaired) electrons. The lowest BCUT2D eigenvalue weighted by atomic mass is 10.2. The highest BCUT2D eigenvalue weighted by molar-refractivity contribution is 14.0. The molecule has 0 atom stereocenters. The van der Waals surface area contributed by atoms with Crippen LogP contribution in [0.3, 0.4) is 0 Å². The normalized spacial score (nSPS) is 14.2. The van der Waals surface area contributed by atoms with Crippen LogP contribution in [-0.4, -0.2) is 31.3 Å². The second kappa shape index (κ2) is 8.63. The smallest absolute Gasteiger partial charge is 0.191 e. The summed E-state index contributed by atoms with van der Waals surface area (Å²) < 4.78 is 0. The predicted octanol–water partition coefficient (Wildman–Crippen LogP) is 2.64. The van der Waals surface area contributed by atoms with Crippen molar-refractivity contribution in [1.82, 2.24) is 10.6 Å². The lowest BCUT2D eigenvalue weighted by molar-refractivity contribution is 0.709. The summed E-state index contributed by atoms with van der Waals surface area (Å²) in [6.07, 6.45) is 1.14. The second-order valence-corrected chi connectivity index (χ2v) is 5.27. The molecule has 0 saturated heterocycles. The molecule has 1 aliphatic heterocycles. The van der Waals surface area contributed by atoms with Crippen molar-refractivity contribution in [3.8, 4) is 0 Å².